The highest BCUT2D eigenvalue weighted by Crippen LogP contribution is 2.26. The van der Waals surface area contributed by atoms with Crippen LogP contribution in [0.4, 0.5) is 0 Å². The van der Waals surface area contributed by atoms with Gasteiger partial charge in [0.05, 0.1) is 5.71 Å². The van der Waals surface area contributed by atoms with E-state index in [1.54, 1.807) is 12.1 Å². The van der Waals surface area contributed by atoms with E-state index in [1.165, 1.54) is 32.9 Å². The Balaban J connectivity index is 1.95. The second kappa shape index (κ2) is 7.45. The number of oxime groups is 1. The van der Waals surface area contributed by atoms with Gasteiger partial charge in [0.25, 0.3) is 5.79 Å². The standard InChI is InChI=1S/C17H21NO7S/c1-11-5-8-13(9-6-11)26(21,22)25-18-12(2)7-10-14-15(19)23-17(3,4)24-16(14)20/h5-6,8-9,14H,7,10H2,1-4H3/b18-12+. The molecule has 0 spiro atoms. The Kier molecular flexibility index (Phi) is 5.70. The van der Waals surface area contributed by atoms with Crippen molar-refractivity contribution < 1.29 is 31.8 Å². The van der Waals surface area contributed by atoms with Gasteiger partial charge in [-0.25, -0.2) is 0 Å². The van der Waals surface area contributed by atoms with E-state index < -0.39 is 33.8 Å². The number of esters is 2. The van der Waals surface area contributed by atoms with Crippen LogP contribution in [0.2, 0.25) is 0 Å². The van der Waals surface area contributed by atoms with Crippen molar-refractivity contribution in [1.82, 2.24) is 0 Å². The Hall–Kier alpha value is -2.42. The molecule has 1 aliphatic rings. The molecule has 2 rings (SSSR count). The summed E-state index contributed by atoms with van der Waals surface area (Å²) < 4.78 is 38.8. The lowest BCUT2D eigenvalue weighted by Crippen LogP contribution is -2.46. The average molecular weight is 383 g/mol. The topological polar surface area (TPSA) is 108 Å². The number of cyclic esters (lactones) is 2. The number of hydrogen-bond acceptors (Lipinski definition) is 8. The van der Waals surface area contributed by atoms with Gasteiger partial charge in [-0.2, -0.15) is 8.42 Å². The van der Waals surface area contributed by atoms with Crippen molar-refractivity contribution in [2.75, 3.05) is 0 Å². The first-order chi connectivity index (χ1) is 12.0. The van der Waals surface area contributed by atoms with Gasteiger partial charge in [0.1, 0.15) is 4.90 Å². The fourth-order valence-electron chi connectivity index (χ4n) is 2.24. The van der Waals surface area contributed by atoms with Crippen LogP contribution >= 0.6 is 0 Å². The lowest BCUT2D eigenvalue weighted by atomic mass is 10.0. The number of carbonyl (C=O) groups excluding carboxylic acids is 2. The number of ether oxygens (including phenoxy) is 2. The van der Waals surface area contributed by atoms with E-state index >= 15 is 0 Å². The Morgan fingerprint density at radius 2 is 1.69 bits per heavy atom. The van der Waals surface area contributed by atoms with E-state index in [0.29, 0.717) is 5.71 Å². The van der Waals surface area contributed by atoms with Crippen LogP contribution in [0.1, 0.15) is 39.2 Å². The van der Waals surface area contributed by atoms with Crippen LogP contribution in [0.15, 0.2) is 34.3 Å². The highest BCUT2D eigenvalue weighted by atomic mass is 32.2. The minimum atomic E-state index is -4.02. The molecule has 0 amide bonds. The number of hydrogen-bond donors (Lipinski definition) is 0. The first-order valence-corrected chi connectivity index (χ1v) is 9.40. The fourth-order valence-corrected chi connectivity index (χ4v) is 3.02. The number of carbonyl (C=O) groups is 2. The molecule has 1 saturated heterocycles. The van der Waals surface area contributed by atoms with Crippen molar-refractivity contribution in [1.29, 1.82) is 0 Å². The van der Waals surface area contributed by atoms with Crippen molar-refractivity contribution in [3.8, 4) is 0 Å². The molecule has 142 valence electrons. The van der Waals surface area contributed by atoms with Gasteiger partial charge in [-0.05, 0) is 38.8 Å². The molecule has 1 fully saturated rings. The summed E-state index contributed by atoms with van der Waals surface area (Å²) in [5.41, 5.74) is 1.23. The zero-order valence-corrected chi connectivity index (χ0v) is 15.8. The Morgan fingerprint density at radius 1 is 1.15 bits per heavy atom. The quantitative estimate of drug-likeness (QED) is 0.321. The van der Waals surface area contributed by atoms with E-state index in [9.17, 15) is 18.0 Å². The summed E-state index contributed by atoms with van der Waals surface area (Å²) in [6.07, 6.45) is 0.246. The third-order valence-electron chi connectivity index (χ3n) is 3.66. The van der Waals surface area contributed by atoms with Crippen molar-refractivity contribution >= 4 is 27.8 Å². The van der Waals surface area contributed by atoms with Crippen LogP contribution in [0.5, 0.6) is 0 Å². The Labute approximate surface area is 152 Å². The van der Waals surface area contributed by atoms with Gasteiger partial charge in [-0.3, -0.25) is 13.9 Å². The monoisotopic (exact) mass is 383 g/mol. The molecular weight excluding hydrogens is 362 g/mol. The summed E-state index contributed by atoms with van der Waals surface area (Å²) in [4.78, 5) is 23.7. The molecule has 1 heterocycles. The van der Waals surface area contributed by atoms with Crippen LogP contribution in [-0.4, -0.2) is 31.9 Å². The Bertz CT molecular complexity index is 805. The maximum atomic E-state index is 12.1. The van der Waals surface area contributed by atoms with Gasteiger partial charge in [-0.15, -0.1) is 0 Å². The second-order valence-corrected chi connectivity index (χ2v) is 8.03. The van der Waals surface area contributed by atoms with E-state index in [0.717, 1.165) is 5.56 Å². The summed E-state index contributed by atoms with van der Waals surface area (Å²) in [5.74, 6) is -3.69. The molecule has 0 saturated carbocycles. The van der Waals surface area contributed by atoms with Gasteiger partial charge in [0.15, 0.2) is 5.92 Å². The summed E-state index contributed by atoms with van der Waals surface area (Å²) in [7, 11) is -4.02. The molecular formula is C17H21NO7S. The minimum absolute atomic E-state index is 0.0127. The van der Waals surface area contributed by atoms with Gasteiger partial charge >= 0.3 is 22.1 Å². The van der Waals surface area contributed by atoms with Crippen LogP contribution < -0.4 is 0 Å². The molecule has 1 aliphatic heterocycles. The molecule has 0 N–H and O–H groups in total. The molecule has 26 heavy (non-hydrogen) atoms. The highest BCUT2D eigenvalue weighted by molar-refractivity contribution is 7.86. The fraction of sp³-hybridized carbons (Fsp3) is 0.471. The predicted octanol–water partition coefficient (Wildman–Crippen LogP) is 2.31. The van der Waals surface area contributed by atoms with Crippen molar-refractivity contribution in [2.24, 2.45) is 11.1 Å². The number of benzene rings is 1. The SMILES string of the molecule is C/C(CCC1C(=O)OC(C)(C)OC1=O)=N\OS(=O)(=O)c1ccc(C)cc1. The largest absolute Gasteiger partial charge is 0.422 e. The van der Waals surface area contributed by atoms with Crippen LogP contribution in [-0.2, 0) is 33.5 Å². The highest BCUT2D eigenvalue weighted by Gasteiger charge is 2.42. The molecule has 0 bridgehead atoms. The van der Waals surface area contributed by atoms with Gasteiger partial charge in [0, 0.05) is 13.8 Å². The van der Waals surface area contributed by atoms with E-state index in [-0.39, 0.29) is 17.7 Å². The minimum Gasteiger partial charge on any atom is -0.422 e. The average Bonchev–Trinajstić information content (AvgIpc) is 2.51. The smallest absolute Gasteiger partial charge is 0.358 e. The molecule has 8 nitrogen and oxygen atoms in total. The van der Waals surface area contributed by atoms with Crippen LogP contribution in [0.3, 0.4) is 0 Å². The molecule has 1 aromatic carbocycles. The molecule has 0 radical (unpaired) electrons. The van der Waals surface area contributed by atoms with Crippen LogP contribution in [0.25, 0.3) is 0 Å². The molecule has 0 unspecified atom stereocenters. The third kappa shape index (κ3) is 5.04. The zero-order valence-electron chi connectivity index (χ0n) is 15.0. The first kappa shape index (κ1) is 19.9. The molecule has 0 atom stereocenters. The number of rotatable bonds is 6. The Morgan fingerprint density at radius 3 is 2.23 bits per heavy atom. The zero-order chi connectivity index (χ0) is 19.5. The normalized spacial score (nSPS) is 18.2. The third-order valence-corrected chi connectivity index (χ3v) is 4.78. The van der Waals surface area contributed by atoms with Gasteiger partial charge < -0.3 is 9.47 Å². The van der Waals surface area contributed by atoms with E-state index in [1.807, 2.05) is 6.92 Å². The number of aryl methyl sites for hydroxylation is 1. The van der Waals surface area contributed by atoms with Gasteiger partial charge in [0.2, 0.25) is 0 Å². The molecule has 1 aromatic rings. The van der Waals surface area contributed by atoms with Crippen molar-refractivity contribution in [3.63, 3.8) is 0 Å². The predicted molar refractivity (Wildman–Crippen MR) is 91.5 cm³/mol. The van der Waals surface area contributed by atoms with E-state index in [4.69, 9.17) is 9.47 Å². The second-order valence-electron chi connectivity index (χ2n) is 6.50. The lowest BCUT2D eigenvalue weighted by molar-refractivity contribution is -0.240. The summed E-state index contributed by atoms with van der Waals surface area (Å²) in [6, 6.07) is 6.14. The molecule has 0 aliphatic carbocycles. The number of nitrogens with zero attached hydrogens (tertiary/aromatic N) is 1. The van der Waals surface area contributed by atoms with Crippen molar-refractivity contribution in [3.05, 3.63) is 29.8 Å². The lowest BCUT2D eigenvalue weighted by Gasteiger charge is -2.32. The summed E-state index contributed by atoms with van der Waals surface area (Å²) in [6.45, 7) is 6.31. The van der Waals surface area contributed by atoms with E-state index in [2.05, 4.69) is 9.44 Å². The molecule has 0 aromatic heterocycles. The van der Waals surface area contributed by atoms with Gasteiger partial charge in [-0.1, -0.05) is 22.9 Å². The summed E-state index contributed by atoms with van der Waals surface area (Å²) in [5, 5.41) is 3.58. The van der Waals surface area contributed by atoms with Crippen molar-refractivity contribution in [2.45, 2.75) is 51.2 Å². The first-order valence-electron chi connectivity index (χ1n) is 8.00. The van der Waals surface area contributed by atoms with Crippen LogP contribution in [0, 0.1) is 12.8 Å². The molecule has 9 heteroatoms. The maximum Gasteiger partial charge on any atom is 0.358 e. The maximum absolute atomic E-state index is 12.1. The summed E-state index contributed by atoms with van der Waals surface area (Å²) >= 11 is 0.